The van der Waals surface area contributed by atoms with E-state index in [1.807, 2.05) is 6.92 Å². The minimum Gasteiger partial charge on any atom is -0.393 e. The van der Waals surface area contributed by atoms with E-state index in [0.717, 1.165) is 0 Å². The lowest BCUT2D eigenvalue weighted by atomic mass is 10.2. The maximum Gasteiger partial charge on any atom is 0.211 e. The number of rotatable bonds is 8. The summed E-state index contributed by atoms with van der Waals surface area (Å²) in [4.78, 5) is 0. The number of hydrogen-bond donors (Lipinski definition) is 2. The van der Waals surface area contributed by atoms with Crippen molar-refractivity contribution in [3.05, 3.63) is 0 Å². The standard InChI is InChI=1S/C8H18FNO3S/c1-2-8(11)4-6-10-14(12,13)7-3-5-9/h8,10-11H,2-7H2,1H3. The molecule has 0 bridgehead atoms. The van der Waals surface area contributed by atoms with E-state index >= 15 is 0 Å². The third-order valence-corrected chi connectivity index (χ3v) is 3.29. The van der Waals surface area contributed by atoms with Crippen LogP contribution >= 0.6 is 0 Å². The zero-order valence-electron chi connectivity index (χ0n) is 8.37. The van der Waals surface area contributed by atoms with Crippen LogP contribution in [0.2, 0.25) is 0 Å². The Hall–Kier alpha value is -0.200. The summed E-state index contributed by atoms with van der Waals surface area (Å²) in [5.74, 6) is -0.189. The summed E-state index contributed by atoms with van der Waals surface area (Å²) in [6.07, 6.45) is 0.544. The molecule has 0 heterocycles. The summed E-state index contributed by atoms with van der Waals surface area (Å²) in [5.41, 5.74) is 0. The van der Waals surface area contributed by atoms with Gasteiger partial charge in [0, 0.05) is 6.54 Å². The predicted molar refractivity (Wildman–Crippen MR) is 53.3 cm³/mol. The van der Waals surface area contributed by atoms with E-state index in [-0.39, 0.29) is 18.7 Å². The molecule has 14 heavy (non-hydrogen) atoms. The van der Waals surface area contributed by atoms with Crippen LogP contribution in [0.5, 0.6) is 0 Å². The molecule has 0 rings (SSSR count). The van der Waals surface area contributed by atoms with Crippen molar-refractivity contribution in [1.82, 2.24) is 4.72 Å². The number of halogens is 1. The first-order valence-corrected chi connectivity index (χ1v) is 6.38. The van der Waals surface area contributed by atoms with Crippen molar-refractivity contribution in [2.45, 2.75) is 32.3 Å². The summed E-state index contributed by atoms with van der Waals surface area (Å²) in [5, 5.41) is 9.14. The van der Waals surface area contributed by atoms with Gasteiger partial charge in [0.25, 0.3) is 0 Å². The molecule has 86 valence electrons. The average molecular weight is 227 g/mol. The van der Waals surface area contributed by atoms with Gasteiger partial charge >= 0.3 is 0 Å². The molecule has 0 aliphatic rings. The van der Waals surface area contributed by atoms with Crippen LogP contribution in [0.4, 0.5) is 4.39 Å². The van der Waals surface area contributed by atoms with Gasteiger partial charge in [0.05, 0.1) is 18.5 Å². The fourth-order valence-corrected chi connectivity index (χ4v) is 1.96. The molecule has 4 nitrogen and oxygen atoms in total. The SMILES string of the molecule is CCC(O)CCNS(=O)(=O)CCCF. The predicted octanol–water partition coefficient (Wildman–Crippen LogP) is 0.426. The molecule has 0 fully saturated rings. The van der Waals surface area contributed by atoms with E-state index in [9.17, 15) is 12.8 Å². The zero-order valence-corrected chi connectivity index (χ0v) is 9.19. The Kier molecular flexibility index (Phi) is 7.04. The molecular formula is C8H18FNO3S. The van der Waals surface area contributed by atoms with Gasteiger partial charge in [0.15, 0.2) is 0 Å². The smallest absolute Gasteiger partial charge is 0.211 e. The molecule has 0 spiro atoms. The largest absolute Gasteiger partial charge is 0.393 e. The van der Waals surface area contributed by atoms with Crippen LogP contribution in [0, 0.1) is 0 Å². The Bertz CT molecular complexity index is 231. The van der Waals surface area contributed by atoms with E-state index in [4.69, 9.17) is 5.11 Å². The van der Waals surface area contributed by atoms with Gasteiger partial charge in [0.1, 0.15) is 0 Å². The van der Waals surface area contributed by atoms with E-state index in [2.05, 4.69) is 4.72 Å². The second-order valence-corrected chi connectivity index (χ2v) is 5.03. The zero-order chi connectivity index (χ0) is 11.0. The average Bonchev–Trinajstić information content (AvgIpc) is 2.14. The topological polar surface area (TPSA) is 66.4 Å². The molecule has 0 aromatic rings. The number of nitrogens with one attached hydrogen (secondary N) is 1. The van der Waals surface area contributed by atoms with E-state index in [1.165, 1.54) is 0 Å². The van der Waals surface area contributed by atoms with Gasteiger partial charge in [0.2, 0.25) is 10.0 Å². The Morgan fingerprint density at radius 2 is 2.14 bits per heavy atom. The summed E-state index contributed by atoms with van der Waals surface area (Å²) in [6, 6.07) is 0. The van der Waals surface area contributed by atoms with Gasteiger partial charge < -0.3 is 5.11 Å². The van der Waals surface area contributed by atoms with Gasteiger partial charge in [-0.25, -0.2) is 13.1 Å². The van der Waals surface area contributed by atoms with Gasteiger partial charge in [-0.3, -0.25) is 4.39 Å². The van der Waals surface area contributed by atoms with Crippen LogP contribution in [0.1, 0.15) is 26.2 Å². The number of aliphatic hydroxyl groups is 1. The third-order valence-electron chi connectivity index (χ3n) is 1.82. The quantitative estimate of drug-likeness (QED) is 0.632. The molecule has 0 aliphatic heterocycles. The summed E-state index contributed by atoms with van der Waals surface area (Å²) >= 11 is 0. The molecule has 0 amide bonds. The van der Waals surface area contributed by atoms with Crippen LogP contribution < -0.4 is 4.72 Å². The molecular weight excluding hydrogens is 209 g/mol. The highest BCUT2D eigenvalue weighted by Gasteiger charge is 2.09. The Labute approximate surface area is 84.6 Å². The van der Waals surface area contributed by atoms with Crippen molar-refractivity contribution < 1.29 is 17.9 Å². The number of hydrogen-bond acceptors (Lipinski definition) is 3. The van der Waals surface area contributed by atoms with Crippen molar-refractivity contribution in [3.8, 4) is 0 Å². The molecule has 1 atom stereocenters. The Morgan fingerprint density at radius 3 is 2.64 bits per heavy atom. The highest BCUT2D eigenvalue weighted by atomic mass is 32.2. The van der Waals surface area contributed by atoms with Gasteiger partial charge in [-0.1, -0.05) is 6.92 Å². The van der Waals surface area contributed by atoms with Gasteiger partial charge in [-0.15, -0.1) is 0 Å². The van der Waals surface area contributed by atoms with E-state index in [0.29, 0.717) is 12.8 Å². The molecule has 0 aromatic heterocycles. The monoisotopic (exact) mass is 227 g/mol. The maximum absolute atomic E-state index is 11.7. The molecule has 2 N–H and O–H groups in total. The maximum atomic E-state index is 11.7. The normalized spacial score (nSPS) is 14.2. The number of aliphatic hydroxyl groups excluding tert-OH is 1. The minimum absolute atomic E-state index is 0.0195. The number of alkyl halides is 1. The van der Waals surface area contributed by atoms with E-state index < -0.39 is 22.8 Å². The summed E-state index contributed by atoms with van der Waals surface area (Å²) < 4.78 is 36.2. The van der Waals surface area contributed by atoms with Crippen LogP contribution in [0.25, 0.3) is 0 Å². The second-order valence-electron chi connectivity index (χ2n) is 3.11. The highest BCUT2D eigenvalue weighted by Crippen LogP contribution is 1.96. The third kappa shape index (κ3) is 7.23. The molecule has 6 heteroatoms. The van der Waals surface area contributed by atoms with Crippen molar-refractivity contribution in [3.63, 3.8) is 0 Å². The van der Waals surface area contributed by atoms with E-state index in [1.54, 1.807) is 0 Å². The van der Waals surface area contributed by atoms with Crippen molar-refractivity contribution in [2.75, 3.05) is 19.0 Å². The molecule has 0 aromatic carbocycles. The first-order valence-electron chi connectivity index (χ1n) is 4.73. The van der Waals surface area contributed by atoms with Crippen LogP contribution in [-0.2, 0) is 10.0 Å². The van der Waals surface area contributed by atoms with Crippen LogP contribution in [0.15, 0.2) is 0 Å². The first kappa shape index (κ1) is 13.8. The first-order chi connectivity index (χ1) is 6.52. The van der Waals surface area contributed by atoms with Crippen LogP contribution in [0.3, 0.4) is 0 Å². The van der Waals surface area contributed by atoms with Gasteiger partial charge in [-0.05, 0) is 19.3 Å². The Balaban J connectivity index is 3.66. The fourth-order valence-electron chi connectivity index (χ4n) is 0.902. The lowest BCUT2D eigenvalue weighted by Gasteiger charge is -2.08. The van der Waals surface area contributed by atoms with Gasteiger partial charge in [-0.2, -0.15) is 0 Å². The lowest BCUT2D eigenvalue weighted by molar-refractivity contribution is 0.162. The Morgan fingerprint density at radius 1 is 1.50 bits per heavy atom. The van der Waals surface area contributed by atoms with Crippen molar-refractivity contribution in [2.24, 2.45) is 0 Å². The molecule has 0 aliphatic carbocycles. The van der Waals surface area contributed by atoms with Crippen LogP contribution in [-0.4, -0.2) is 38.6 Å². The second kappa shape index (κ2) is 7.14. The summed E-state index contributed by atoms with van der Waals surface area (Å²) in [7, 11) is -3.35. The molecule has 0 radical (unpaired) electrons. The highest BCUT2D eigenvalue weighted by molar-refractivity contribution is 7.89. The lowest BCUT2D eigenvalue weighted by Crippen LogP contribution is -2.29. The molecule has 1 unspecified atom stereocenters. The molecule has 0 saturated carbocycles. The minimum atomic E-state index is -3.35. The van der Waals surface area contributed by atoms with Crippen molar-refractivity contribution in [1.29, 1.82) is 0 Å². The number of sulfonamides is 1. The fraction of sp³-hybridized carbons (Fsp3) is 1.00. The summed E-state index contributed by atoms with van der Waals surface area (Å²) in [6.45, 7) is 1.41. The van der Waals surface area contributed by atoms with Crippen molar-refractivity contribution >= 4 is 10.0 Å². The molecule has 0 saturated heterocycles.